The molecule has 1 aromatic heterocycles. The summed E-state index contributed by atoms with van der Waals surface area (Å²) in [6.07, 6.45) is 1.65. The van der Waals surface area contributed by atoms with E-state index in [0.717, 1.165) is 22.6 Å². The van der Waals surface area contributed by atoms with Crippen molar-refractivity contribution in [2.75, 3.05) is 37.6 Å². The van der Waals surface area contributed by atoms with Crippen molar-refractivity contribution in [1.29, 1.82) is 0 Å². The molecule has 7 nitrogen and oxygen atoms in total. The van der Waals surface area contributed by atoms with Gasteiger partial charge in [0.05, 0.1) is 27.8 Å². The molecule has 1 saturated heterocycles. The number of rotatable bonds is 4. The average Bonchev–Trinajstić information content (AvgIpc) is 3.05. The second-order valence-electron chi connectivity index (χ2n) is 7.92. The Balaban J connectivity index is 1.47. The molecule has 2 aromatic rings. The van der Waals surface area contributed by atoms with Gasteiger partial charge in [0.15, 0.2) is 0 Å². The molecule has 160 valence electrons. The summed E-state index contributed by atoms with van der Waals surface area (Å²) in [7, 11) is 0. The number of hydrogen-bond donors (Lipinski definition) is 2. The van der Waals surface area contributed by atoms with Crippen LogP contribution in [0.1, 0.15) is 48.1 Å². The van der Waals surface area contributed by atoms with Crippen LogP contribution in [0.25, 0.3) is 0 Å². The van der Waals surface area contributed by atoms with Gasteiger partial charge in [-0.25, -0.2) is 9.97 Å². The second-order valence-corrected chi connectivity index (χ2v) is 8.74. The fraction of sp³-hybridized carbons (Fsp3) is 0.476. The molecule has 1 aliphatic carbocycles. The number of aliphatic hydroxyl groups is 1. The number of aromatic nitrogens is 2. The summed E-state index contributed by atoms with van der Waals surface area (Å²) in [6.45, 7) is 4.77. The molecule has 0 radical (unpaired) electrons. The van der Waals surface area contributed by atoms with E-state index in [-0.39, 0.29) is 18.4 Å². The lowest BCUT2D eigenvalue weighted by molar-refractivity contribution is -0.132. The van der Waals surface area contributed by atoms with Crippen LogP contribution in [0, 0.1) is 0 Å². The topological polar surface area (TPSA) is 95.6 Å². The Kier molecular flexibility index (Phi) is 6.16. The Bertz CT molecular complexity index is 949. The fourth-order valence-corrected chi connectivity index (χ4v) is 4.73. The molecule has 4 rings (SSSR count). The number of fused-ring (bicyclic) bond motifs is 1. The molecule has 1 fully saturated rings. The van der Waals surface area contributed by atoms with Gasteiger partial charge in [-0.05, 0) is 30.0 Å². The van der Waals surface area contributed by atoms with Crippen LogP contribution in [0.4, 0.5) is 5.82 Å². The lowest BCUT2D eigenvalue weighted by Crippen LogP contribution is -2.51. The third kappa shape index (κ3) is 3.87. The van der Waals surface area contributed by atoms with Gasteiger partial charge in [-0.3, -0.25) is 4.79 Å². The minimum Gasteiger partial charge on any atom is -0.387 e. The second kappa shape index (κ2) is 8.67. The van der Waals surface area contributed by atoms with Gasteiger partial charge in [0.1, 0.15) is 12.1 Å². The maximum Gasteiger partial charge on any atom is 0.231 e. The molecule has 9 heteroatoms. The summed E-state index contributed by atoms with van der Waals surface area (Å²) < 4.78 is 0. The first-order valence-corrected chi connectivity index (χ1v) is 10.9. The van der Waals surface area contributed by atoms with Crippen LogP contribution in [0.15, 0.2) is 24.5 Å². The van der Waals surface area contributed by atoms with E-state index in [1.54, 1.807) is 18.2 Å². The van der Waals surface area contributed by atoms with Crippen LogP contribution >= 0.6 is 23.2 Å². The van der Waals surface area contributed by atoms with E-state index in [9.17, 15) is 9.90 Å². The van der Waals surface area contributed by atoms with Gasteiger partial charge in [-0.2, -0.15) is 0 Å². The number of aliphatic hydroxyl groups excluding tert-OH is 1. The molecular weight excluding hydrogens is 425 g/mol. The molecule has 0 spiro atoms. The van der Waals surface area contributed by atoms with Crippen molar-refractivity contribution in [3.8, 4) is 0 Å². The van der Waals surface area contributed by atoms with Crippen molar-refractivity contribution in [2.45, 2.75) is 31.3 Å². The number of carbonyl (C=O) groups excluding carboxylic acids is 1. The van der Waals surface area contributed by atoms with Gasteiger partial charge in [0, 0.05) is 38.3 Å². The van der Waals surface area contributed by atoms with E-state index < -0.39 is 12.0 Å². The molecule has 2 aliphatic rings. The Morgan fingerprint density at radius 1 is 1.23 bits per heavy atom. The maximum absolute atomic E-state index is 13.1. The van der Waals surface area contributed by atoms with E-state index in [1.165, 1.54) is 6.33 Å². The summed E-state index contributed by atoms with van der Waals surface area (Å²) in [5, 5.41) is 11.1. The predicted octanol–water partition coefficient (Wildman–Crippen LogP) is 2.72. The fourth-order valence-electron chi connectivity index (χ4n) is 4.42. The van der Waals surface area contributed by atoms with Gasteiger partial charge in [-0.15, -0.1) is 0 Å². The van der Waals surface area contributed by atoms with Crippen molar-refractivity contribution in [2.24, 2.45) is 5.73 Å². The van der Waals surface area contributed by atoms with E-state index in [2.05, 4.69) is 21.8 Å². The number of anilines is 1. The van der Waals surface area contributed by atoms with Gasteiger partial charge in [-0.1, -0.05) is 36.2 Å². The molecule has 2 heterocycles. The number of hydrogen-bond acceptors (Lipinski definition) is 6. The zero-order valence-electron chi connectivity index (χ0n) is 16.8. The zero-order chi connectivity index (χ0) is 21.4. The van der Waals surface area contributed by atoms with Crippen LogP contribution in [-0.4, -0.2) is 58.6 Å². The first kappa shape index (κ1) is 21.3. The number of carbonyl (C=O) groups is 1. The number of amides is 1. The largest absolute Gasteiger partial charge is 0.387 e. The van der Waals surface area contributed by atoms with Crippen molar-refractivity contribution >= 4 is 34.9 Å². The molecule has 0 saturated carbocycles. The Morgan fingerprint density at radius 3 is 2.63 bits per heavy atom. The van der Waals surface area contributed by atoms with E-state index in [0.29, 0.717) is 42.6 Å². The standard InChI is InChI=1S/C21H25Cl2N5O2/c1-12-8-17(29)19-18(12)20(26-11-25-19)27-4-6-28(7-5-27)21(30)14(10-24)13-2-3-15(22)16(23)9-13/h2-3,9,11-12,14,17,29H,4-8,10,24H2,1H3/t12-,14?,17-/m1/s1. The molecule has 3 N–H and O–H groups in total. The first-order chi connectivity index (χ1) is 14.4. The number of halogens is 2. The van der Waals surface area contributed by atoms with Crippen molar-refractivity contribution in [1.82, 2.24) is 14.9 Å². The minimum absolute atomic E-state index is 0.00718. The summed E-state index contributed by atoms with van der Waals surface area (Å²) in [5.41, 5.74) is 8.47. The van der Waals surface area contributed by atoms with Crippen LogP contribution in [0.2, 0.25) is 10.0 Å². The van der Waals surface area contributed by atoms with E-state index in [1.807, 2.05) is 4.90 Å². The predicted molar refractivity (Wildman–Crippen MR) is 117 cm³/mol. The first-order valence-electron chi connectivity index (χ1n) is 10.1. The molecule has 1 aromatic carbocycles. The summed E-state index contributed by atoms with van der Waals surface area (Å²) in [4.78, 5) is 25.9. The quantitative estimate of drug-likeness (QED) is 0.744. The Morgan fingerprint density at radius 2 is 1.97 bits per heavy atom. The van der Waals surface area contributed by atoms with Crippen molar-refractivity contribution in [3.63, 3.8) is 0 Å². The number of benzene rings is 1. The van der Waals surface area contributed by atoms with Crippen molar-refractivity contribution in [3.05, 3.63) is 51.4 Å². The molecular formula is C21H25Cl2N5O2. The monoisotopic (exact) mass is 449 g/mol. The third-order valence-electron chi connectivity index (χ3n) is 6.05. The smallest absolute Gasteiger partial charge is 0.231 e. The van der Waals surface area contributed by atoms with Gasteiger partial charge in [0.2, 0.25) is 5.91 Å². The van der Waals surface area contributed by atoms with Crippen LogP contribution in [0.3, 0.4) is 0 Å². The third-order valence-corrected chi connectivity index (χ3v) is 6.79. The number of nitrogens with zero attached hydrogens (tertiary/aromatic N) is 4. The highest BCUT2D eigenvalue weighted by Crippen LogP contribution is 2.42. The molecule has 0 bridgehead atoms. The van der Waals surface area contributed by atoms with E-state index >= 15 is 0 Å². The summed E-state index contributed by atoms with van der Waals surface area (Å²) >= 11 is 12.1. The lowest BCUT2D eigenvalue weighted by atomic mass is 9.97. The van der Waals surface area contributed by atoms with Gasteiger partial charge >= 0.3 is 0 Å². The van der Waals surface area contributed by atoms with Crippen LogP contribution < -0.4 is 10.6 Å². The molecule has 1 unspecified atom stereocenters. The average molecular weight is 450 g/mol. The normalized spacial score (nSPS) is 22.2. The molecule has 1 amide bonds. The zero-order valence-corrected chi connectivity index (χ0v) is 18.3. The highest BCUT2D eigenvalue weighted by Gasteiger charge is 2.34. The molecule has 30 heavy (non-hydrogen) atoms. The van der Waals surface area contributed by atoms with Gasteiger partial charge < -0.3 is 20.6 Å². The van der Waals surface area contributed by atoms with Gasteiger partial charge in [0.25, 0.3) is 0 Å². The number of piperazine rings is 1. The van der Waals surface area contributed by atoms with Crippen LogP contribution in [-0.2, 0) is 4.79 Å². The highest BCUT2D eigenvalue weighted by atomic mass is 35.5. The Hall–Kier alpha value is -1.93. The summed E-state index contributed by atoms with van der Waals surface area (Å²) in [6, 6.07) is 5.21. The summed E-state index contributed by atoms with van der Waals surface area (Å²) in [5.74, 6) is 0.621. The van der Waals surface area contributed by atoms with Crippen molar-refractivity contribution < 1.29 is 9.90 Å². The minimum atomic E-state index is -0.531. The van der Waals surface area contributed by atoms with Crippen LogP contribution in [0.5, 0.6) is 0 Å². The lowest BCUT2D eigenvalue weighted by Gasteiger charge is -2.37. The SMILES string of the molecule is C[C@@H]1C[C@@H](O)c2ncnc(N3CCN(C(=O)C(CN)c4ccc(Cl)c(Cl)c4)CC3)c21. The molecule has 1 aliphatic heterocycles. The number of nitrogens with two attached hydrogens (primary N) is 1. The molecule has 3 atom stereocenters. The Labute approximate surface area is 185 Å². The maximum atomic E-state index is 13.1. The van der Waals surface area contributed by atoms with E-state index in [4.69, 9.17) is 28.9 Å². The highest BCUT2D eigenvalue weighted by molar-refractivity contribution is 6.42.